The molecule has 2 fully saturated rings. The Kier molecular flexibility index (Phi) is 2.07. The van der Waals surface area contributed by atoms with Gasteiger partial charge in [0.2, 0.25) is 5.91 Å². The van der Waals surface area contributed by atoms with Crippen LogP contribution in [0.15, 0.2) is 0 Å². The number of rotatable bonds is 1. The number of nitrogens with zero attached hydrogens (tertiary/aromatic N) is 1. The Labute approximate surface area is 73.9 Å². The highest BCUT2D eigenvalue weighted by Crippen LogP contribution is 2.30. The highest BCUT2D eigenvalue weighted by atomic mass is 16.2. The van der Waals surface area contributed by atoms with Crippen molar-refractivity contribution in [3.8, 4) is 0 Å². The molecule has 2 aliphatic rings. The van der Waals surface area contributed by atoms with E-state index in [-0.39, 0.29) is 0 Å². The van der Waals surface area contributed by atoms with E-state index in [1.807, 2.05) is 0 Å². The topological polar surface area (TPSA) is 20.3 Å². The molecule has 1 heterocycles. The summed E-state index contributed by atoms with van der Waals surface area (Å²) in [7, 11) is 0. The fourth-order valence-electron chi connectivity index (χ4n) is 2.59. The predicted molar refractivity (Wildman–Crippen MR) is 47.8 cm³/mol. The standard InChI is InChI=1S/C10H17NO/c1-8-6-7-10(12)11(8)9-4-2-3-5-9/h8-9H,2-7H2,1H3. The molecule has 1 aliphatic heterocycles. The summed E-state index contributed by atoms with van der Waals surface area (Å²) in [4.78, 5) is 13.6. The summed E-state index contributed by atoms with van der Waals surface area (Å²) >= 11 is 0. The molecule has 1 saturated heterocycles. The van der Waals surface area contributed by atoms with Crippen molar-refractivity contribution in [2.24, 2.45) is 0 Å². The minimum absolute atomic E-state index is 0.398. The molecule has 1 saturated carbocycles. The molecule has 1 amide bonds. The van der Waals surface area contributed by atoms with Gasteiger partial charge >= 0.3 is 0 Å². The van der Waals surface area contributed by atoms with E-state index in [9.17, 15) is 4.79 Å². The molecule has 2 heteroatoms. The first-order valence-corrected chi connectivity index (χ1v) is 5.10. The minimum Gasteiger partial charge on any atom is -0.337 e. The number of likely N-dealkylation sites (tertiary alicyclic amines) is 1. The summed E-state index contributed by atoms with van der Waals surface area (Å²) in [6, 6.07) is 1.11. The lowest BCUT2D eigenvalue weighted by atomic mass is 10.2. The van der Waals surface area contributed by atoms with Gasteiger partial charge in [-0.15, -0.1) is 0 Å². The minimum atomic E-state index is 0.398. The number of hydrogen-bond acceptors (Lipinski definition) is 1. The molecular weight excluding hydrogens is 150 g/mol. The smallest absolute Gasteiger partial charge is 0.223 e. The third-order valence-corrected chi connectivity index (χ3v) is 3.26. The SMILES string of the molecule is CC1CCC(=O)N1C1CCCC1. The highest BCUT2D eigenvalue weighted by molar-refractivity contribution is 5.79. The zero-order valence-corrected chi connectivity index (χ0v) is 7.75. The number of carbonyl (C=O) groups excluding carboxylic acids is 1. The van der Waals surface area contributed by atoms with Crippen molar-refractivity contribution in [3.63, 3.8) is 0 Å². The van der Waals surface area contributed by atoms with Crippen LogP contribution in [0.5, 0.6) is 0 Å². The Hall–Kier alpha value is -0.530. The van der Waals surface area contributed by atoms with Gasteiger partial charge in [-0.05, 0) is 26.2 Å². The predicted octanol–water partition coefficient (Wildman–Crippen LogP) is 1.94. The van der Waals surface area contributed by atoms with Gasteiger partial charge in [0.25, 0.3) is 0 Å². The van der Waals surface area contributed by atoms with Gasteiger partial charge in [0.1, 0.15) is 0 Å². The average Bonchev–Trinajstić information content (AvgIpc) is 2.61. The summed E-state index contributed by atoms with van der Waals surface area (Å²) in [6.45, 7) is 2.18. The van der Waals surface area contributed by atoms with Gasteiger partial charge in [-0.25, -0.2) is 0 Å². The summed E-state index contributed by atoms with van der Waals surface area (Å²) in [5, 5.41) is 0. The van der Waals surface area contributed by atoms with Crippen LogP contribution in [0.1, 0.15) is 45.4 Å². The first kappa shape index (κ1) is 8.09. The van der Waals surface area contributed by atoms with Gasteiger partial charge in [0.15, 0.2) is 0 Å². The van der Waals surface area contributed by atoms with E-state index in [0.717, 1.165) is 12.8 Å². The molecule has 0 radical (unpaired) electrons. The van der Waals surface area contributed by atoms with E-state index in [0.29, 0.717) is 18.0 Å². The maximum Gasteiger partial charge on any atom is 0.223 e. The summed E-state index contributed by atoms with van der Waals surface area (Å²) in [5.41, 5.74) is 0. The molecule has 0 aromatic heterocycles. The molecule has 2 nitrogen and oxygen atoms in total. The molecule has 1 atom stereocenters. The van der Waals surface area contributed by atoms with Crippen LogP contribution in [0.2, 0.25) is 0 Å². The normalized spacial score (nSPS) is 31.9. The third-order valence-electron chi connectivity index (χ3n) is 3.26. The van der Waals surface area contributed by atoms with Crippen molar-refractivity contribution in [1.82, 2.24) is 4.90 Å². The van der Waals surface area contributed by atoms with Crippen LogP contribution < -0.4 is 0 Å². The van der Waals surface area contributed by atoms with Crippen LogP contribution >= 0.6 is 0 Å². The van der Waals surface area contributed by atoms with E-state index < -0.39 is 0 Å². The quantitative estimate of drug-likeness (QED) is 0.584. The summed E-state index contributed by atoms with van der Waals surface area (Å²) < 4.78 is 0. The van der Waals surface area contributed by atoms with E-state index >= 15 is 0 Å². The summed E-state index contributed by atoms with van der Waals surface area (Å²) in [5.74, 6) is 0.398. The van der Waals surface area contributed by atoms with Crippen LogP contribution in [-0.2, 0) is 4.79 Å². The van der Waals surface area contributed by atoms with Crippen molar-refractivity contribution in [3.05, 3.63) is 0 Å². The molecule has 0 bridgehead atoms. The number of amides is 1. The lowest BCUT2D eigenvalue weighted by molar-refractivity contribution is -0.130. The Bertz CT molecular complexity index is 184. The van der Waals surface area contributed by atoms with Crippen LogP contribution in [-0.4, -0.2) is 22.9 Å². The second-order valence-corrected chi connectivity index (χ2v) is 4.13. The first-order chi connectivity index (χ1) is 5.79. The van der Waals surface area contributed by atoms with E-state index in [2.05, 4.69) is 11.8 Å². The third kappa shape index (κ3) is 1.23. The molecule has 2 rings (SSSR count). The molecule has 1 unspecified atom stereocenters. The largest absolute Gasteiger partial charge is 0.337 e. The molecule has 0 aromatic carbocycles. The van der Waals surface area contributed by atoms with Crippen molar-refractivity contribution >= 4 is 5.91 Å². The lowest BCUT2D eigenvalue weighted by Gasteiger charge is -2.28. The van der Waals surface area contributed by atoms with Crippen molar-refractivity contribution < 1.29 is 4.79 Å². The zero-order valence-electron chi connectivity index (χ0n) is 7.75. The highest BCUT2D eigenvalue weighted by Gasteiger charge is 2.34. The Morgan fingerprint density at radius 3 is 2.42 bits per heavy atom. The Balaban J connectivity index is 2.04. The molecule has 0 aromatic rings. The fraction of sp³-hybridized carbons (Fsp3) is 0.900. The Morgan fingerprint density at radius 1 is 1.25 bits per heavy atom. The number of carbonyl (C=O) groups is 1. The van der Waals surface area contributed by atoms with Gasteiger partial charge in [-0.1, -0.05) is 12.8 Å². The van der Waals surface area contributed by atoms with Crippen molar-refractivity contribution in [1.29, 1.82) is 0 Å². The summed E-state index contributed by atoms with van der Waals surface area (Å²) in [6.07, 6.45) is 7.00. The lowest BCUT2D eigenvalue weighted by Crippen LogP contribution is -2.38. The van der Waals surface area contributed by atoms with E-state index in [1.165, 1.54) is 25.7 Å². The molecule has 0 N–H and O–H groups in total. The van der Waals surface area contributed by atoms with Crippen LogP contribution in [0.3, 0.4) is 0 Å². The maximum atomic E-state index is 11.5. The van der Waals surface area contributed by atoms with E-state index in [1.54, 1.807) is 0 Å². The van der Waals surface area contributed by atoms with Crippen LogP contribution in [0, 0.1) is 0 Å². The molecule has 0 spiro atoms. The molecule has 68 valence electrons. The monoisotopic (exact) mass is 167 g/mol. The maximum absolute atomic E-state index is 11.5. The zero-order chi connectivity index (χ0) is 8.55. The average molecular weight is 167 g/mol. The van der Waals surface area contributed by atoms with Gasteiger partial charge in [0.05, 0.1) is 0 Å². The van der Waals surface area contributed by atoms with Crippen LogP contribution in [0.4, 0.5) is 0 Å². The van der Waals surface area contributed by atoms with Gasteiger partial charge in [0, 0.05) is 18.5 Å². The molecule has 12 heavy (non-hydrogen) atoms. The van der Waals surface area contributed by atoms with Gasteiger partial charge < -0.3 is 4.90 Å². The second-order valence-electron chi connectivity index (χ2n) is 4.13. The van der Waals surface area contributed by atoms with Crippen molar-refractivity contribution in [2.45, 2.75) is 57.5 Å². The first-order valence-electron chi connectivity index (χ1n) is 5.10. The van der Waals surface area contributed by atoms with Crippen LogP contribution in [0.25, 0.3) is 0 Å². The van der Waals surface area contributed by atoms with Crippen molar-refractivity contribution in [2.75, 3.05) is 0 Å². The Morgan fingerprint density at radius 2 is 1.92 bits per heavy atom. The van der Waals surface area contributed by atoms with Gasteiger partial charge in [-0.2, -0.15) is 0 Å². The fourth-order valence-corrected chi connectivity index (χ4v) is 2.59. The second kappa shape index (κ2) is 3.08. The molecular formula is C10H17NO. The number of hydrogen-bond donors (Lipinski definition) is 0. The van der Waals surface area contributed by atoms with Gasteiger partial charge in [-0.3, -0.25) is 4.79 Å². The molecule has 1 aliphatic carbocycles. The van der Waals surface area contributed by atoms with E-state index in [4.69, 9.17) is 0 Å².